The molecule has 9 heteroatoms. The van der Waals surface area contributed by atoms with Crippen LogP contribution in [0.4, 0.5) is 14.6 Å². The molecule has 0 aliphatic rings. The van der Waals surface area contributed by atoms with Gasteiger partial charge in [-0.3, -0.25) is 4.79 Å². The van der Waals surface area contributed by atoms with Crippen LogP contribution in [0.5, 0.6) is 0 Å². The van der Waals surface area contributed by atoms with Crippen molar-refractivity contribution in [2.75, 3.05) is 11.9 Å². The summed E-state index contributed by atoms with van der Waals surface area (Å²) in [7, 11) is 0. The van der Waals surface area contributed by atoms with Crippen molar-refractivity contribution in [1.82, 2.24) is 4.98 Å². The summed E-state index contributed by atoms with van der Waals surface area (Å²) in [6.07, 6.45) is 0. The molecule has 0 spiro atoms. The van der Waals surface area contributed by atoms with Crippen LogP contribution in [-0.2, 0) is 9.53 Å². The SMILES string of the molecule is Cc1nc(NC(=O)COC(=O)c2ccc(F)c(F)c2)c(Cl)cc1Cl. The van der Waals surface area contributed by atoms with Gasteiger partial charge in [0.25, 0.3) is 5.91 Å². The maximum Gasteiger partial charge on any atom is 0.338 e. The Bertz CT molecular complexity index is 816. The highest BCUT2D eigenvalue weighted by atomic mass is 35.5. The van der Waals surface area contributed by atoms with E-state index in [1.807, 2.05) is 0 Å². The van der Waals surface area contributed by atoms with E-state index in [4.69, 9.17) is 27.9 Å². The third kappa shape index (κ3) is 4.39. The molecule has 0 fully saturated rings. The van der Waals surface area contributed by atoms with Crippen molar-refractivity contribution in [2.45, 2.75) is 6.92 Å². The lowest BCUT2D eigenvalue weighted by Crippen LogP contribution is -2.22. The lowest BCUT2D eigenvalue weighted by molar-refractivity contribution is -0.119. The minimum absolute atomic E-state index is 0.0624. The van der Waals surface area contributed by atoms with Crippen LogP contribution in [0, 0.1) is 18.6 Å². The standard InChI is InChI=1S/C15H10Cl2F2N2O3/c1-7-9(16)5-10(17)14(20-7)21-13(22)6-24-15(23)8-2-3-11(18)12(19)4-8/h2-5H,6H2,1H3,(H,20,21,22). The van der Waals surface area contributed by atoms with Crippen molar-refractivity contribution in [1.29, 1.82) is 0 Å². The molecule has 126 valence electrons. The van der Waals surface area contributed by atoms with E-state index in [2.05, 4.69) is 10.3 Å². The second-order valence-electron chi connectivity index (χ2n) is 4.64. The molecule has 1 aromatic heterocycles. The Morgan fingerprint density at radius 3 is 2.54 bits per heavy atom. The van der Waals surface area contributed by atoms with E-state index in [1.54, 1.807) is 6.92 Å². The topological polar surface area (TPSA) is 68.3 Å². The summed E-state index contributed by atoms with van der Waals surface area (Å²) in [5, 5.41) is 2.81. The van der Waals surface area contributed by atoms with Crippen LogP contribution >= 0.6 is 23.2 Å². The predicted molar refractivity (Wildman–Crippen MR) is 84.3 cm³/mol. The molecule has 0 radical (unpaired) electrons. The van der Waals surface area contributed by atoms with E-state index in [0.717, 1.165) is 12.1 Å². The average molecular weight is 375 g/mol. The maximum absolute atomic E-state index is 13.0. The Balaban J connectivity index is 1.97. The molecule has 1 heterocycles. The minimum Gasteiger partial charge on any atom is -0.452 e. The number of esters is 1. The number of hydrogen-bond donors (Lipinski definition) is 1. The summed E-state index contributed by atoms with van der Waals surface area (Å²) >= 11 is 11.7. The van der Waals surface area contributed by atoms with Gasteiger partial charge in [-0.1, -0.05) is 23.2 Å². The fourth-order valence-electron chi connectivity index (χ4n) is 1.65. The van der Waals surface area contributed by atoms with Gasteiger partial charge in [-0.05, 0) is 31.2 Å². The molecule has 2 rings (SSSR count). The first-order valence-corrected chi connectivity index (χ1v) is 7.28. The molecule has 0 atom stereocenters. The highest BCUT2D eigenvalue weighted by Crippen LogP contribution is 2.25. The molecule has 0 bridgehead atoms. The number of hydrogen-bond acceptors (Lipinski definition) is 4. The van der Waals surface area contributed by atoms with Gasteiger partial charge in [0, 0.05) is 0 Å². The fraction of sp³-hybridized carbons (Fsp3) is 0.133. The maximum atomic E-state index is 13.0. The molecule has 1 amide bonds. The highest BCUT2D eigenvalue weighted by Gasteiger charge is 2.15. The normalized spacial score (nSPS) is 10.4. The second-order valence-corrected chi connectivity index (χ2v) is 5.45. The van der Waals surface area contributed by atoms with Gasteiger partial charge in [-0.2, -0.15) is 0 Å². The van der Waals surface area contributed by atoms with Gasteiger partial charge < -0.3 is 10.1 Å². The van der Waals surface area contributed by atoms with E-state index >= 15 is 0 Å². The molecular formula is C15H10Cl2F2N2O3. The molecule has 1 N–H and O–H groups in total. The third-order valence-electron chi connectivity index (χ3n) is 2.85. The lowest BCUT2D eigenvalue weighted by Gasteiger charge is -2.09. The highest BCUT2D eigenvalue weighted by molar-refractivity contribution is 6.36. The van der Waals surface area contributed by atoms with Crippen molar-refractivity contribution in [3.05, 3.63) is 57.2 Å². The summed E-state index contributed by atoms with van der Waals surface area (Å²) in [5.74, 6) is -3.91. The number of pyridine rings is 1. The van der Waals surface area contributed by atoms with E-state index in [-0.39, 0.29) is 16.4 Å². The van der Waals surface area contributed by atoms with Gasteiger partial charge in [-0.25, -0.2) is 18.6 Å². The van der Waals surface area contributed by atoms with Crippen molar-refractivity contribution in [3.63, 3.8) is 0 Å². The Labute approximate surface area is 145 Å². The molecule has 1 aromatic carbocycles. The Hall–Kier alpha value is -2.25. The van der Waals surface area contributed by atoms with Gasteiger partial charge in [0.2, 0.25) is 0 Å². The molecule has 2 aromatic rings. The van der Waals surface area contributed by atoms with Crippen molar-refractivity contribution >= 4 is 40.9 Å². The smallest absolute Gasteiger partial charge is 0.338 e. The zero-order chi connectivity index (χ0) is 17.9. The Morgan fingerprint density at radius 2 is 1.88 bits per heavy atom. The van der Waals surface area contributed by atoms with Crippen molar-refractivity contribution < 1.29 is 23.1 Å². The first kappa shape index (κ1) is 18.1. The predicted octanol–water partition coefficient (Wildman–Crippen LogP) is 3.77. The van der Waals surface area contributed by atoms with Crippen molar-refractivity contribution in [3.8, 4) is 0 Å². The number of nitrogens with one attached hydrogen (secondary N) is 1. The molecule has 24 heavy (non-hydrogen) atoms. The summed E-state index contributed by atoms with van der Waals surface area (Å²) in [4.78, 5) is 27.4. The number of nitrogens with zero attached hydrogens (tertiary/aromatic N) is 1. The fourth-order valence-corrected chi connectivity index (χ4v) is 2.06. The number of amides is 1. The van der Waals surface area contributed by atoms with Crippen LogP contribution in [0.3, 0.4) is 0 Å². The molecule has 0 saturated carbocycles. The Kier molecular flexibility index (Phi) is 5.69. The molecule has 0 saturated heterocycles. The van der Waals surface area contributed by atoms with Crippen LogP contribution < -0.4 is 5.32 Å². The molecule has 5 nitrogen and oxygen atoms in total. The monoisotopic (exact) mass is 374 g/mol. The summed E-state index contributed by atoms with van der Waals surface area (Å²) < 4.78 is 30.6. The quantitative estimate of drug-likeness (QED) is 0.827. The van der Waals surface area contributed by atoms with Crippen LogP contribution in [-0.4, -0.2) is 23.5 Å². The van der Waals surface area contributed by atoms with Crippen LogP contribution in [0.15, 0.2) is 24.3 Å². The van der Waals surface area contributed by atoms with Gasteiger partial charge in [0.1, 0.15) is 0 Å². The van der Waals surface area contributed by atoms with Crippen LogP contribution in [0.2, 0.25) is 10.0 Å². The first-order valence-electron chi connectivity index (χ1n) is 6.52. The summed E-state index contributed by atoms with van der Waals surface area (Å²) in [6.45, 7) is 0.967. The minimum atomic E-state index is -1.19. The second kappa shape index (κ2) is 7.55. The molecule has 0 unspecified atom stereocenters. The summed E-state index contributed by atoms with van der Waals surface area (Å²) in [5.41, 5.74) is 0.232. The van der Waals surface area contributed by atoms with E-state index in [9.17, 15) is 18.4 Å². The van der Waals surface area contributed by atoms with Crippen LogP contribution in [0.25, 0.3) is 0 Å². The number of rotatable bonds is 4. The lowest BCUT2D eigenvalue weighted by atomic mass is 10.2. The van der Waals surface area contributed by atoms with Gasteiger partial charge in [0.15, 0.2) is 24.1 Å². The number of carbonyl (C=O) groups excluding carboxylic acids is 2. The third-order valence-corrected chi connectivity index (χ3v) is 3.52. The molecule has 0 aliphatic carbocycles. The van der Waals surface area contributed by atoms with E-state index in [0.29, 0.717) is 16.8 Å². The van der Waals surface area contributed by atoms with Gasteiger partial charge in [0.05, 0.1) is 21.3 Å². The summed E-state index contributed by atoms with van der Waals surface area (Å²) in [6, 6.07) is 3.91. The van der Waals surface area contributed by atoms with E-state index in [1.165, 1.54) is 6.07 Å². The number of anilines is 1. The zero-order valence-electron chi connectivity index (χ0n) is 12.2. The molecular weight excluding hydrogens is 365 g/mol. The zero-order valence-corrected chi connectivity index (χ0v) is 13.7. The molecule has 0 aliphatic heterocycles. The van der Waals surface area contributed by atoms with Crippen LogP contribution in [0.1, 0.15) is 16.1 Å². The number of aromatic nitrogens is 1. The first-order chi connectivity index (χ1) is 11.3. The van der Waals surface area contributed by atoms with Gasteiger partial charge >= 0.3 is 5.97 Å². The number of benzene rings is 1. The van der Waals surface area contributed by atoms with E-state index < -0.39 is 30.1 Å². The number of carbonyl (C=O) groups is 2. The largest absolute Gasteiger partial charge is 0.452 e. The number of halogens is 4. The number of aryl methyl sites for hydroxylation is 1. The number of ether oxygens (including phenoxy) is 1. The van der Waals surface area contributed by atoms with Gasteiger partial charge in [-0.15, -0.1) is 0 Å². The Morgan fingerprint density at radius 1 is 1.17 bits per heavy atom. The van der Waals surface area contributed by atoms with Crippen molar-refractivity contribution in [2.24, 2.45) is 0 Å². The average Bonchev–Trinajstić information content (AvgIpc) is 2.53.